The van der Waals surface area contributed by atoms with E-state index in [1.807, 2.05) is 6.92 Å². The lowest BCUT2D eigenvalue weighted by atomic mass is 9.61. The molecule has 0 spiro atoms. The predicted molar refractivity (Wildman–Crippen MR) is 96.4 cm³/mol. The molecule has 0 amide bonds. The lowest BCUT2D eigenvalue weighted by molar-refractivity contribution is -0.0110. The third-order valence-corrected chi connectivity index (χ3v) is 6.77. The van der Waals surface area contributed by atoms with Crippen LogP contribution in [0.1, 0.15) is 58.8 Å². The summed E-state index contributed by atoms with van der Waals surface area (Å²) in [6.45, 7) is 8.26. The Morgan fingerprint density at radius 1 is 1.12 bits per heavy atom. The summed E-state index contributed by atoms with van der Waals surface area (Å²) in [7, 11) is 0. The van der Waals surface area contributed by atoms with Crippen LogP contribution < -0.4 is 0 Å². The van der Waals surface area contributed by atoms with Gasteiger partial charge in [-0.3, -0.25) is 0 Å². The number of aliphatic hydroxyl groups excluding tert-OH is 3. The second kappa shape index (κ2) is 6.78. The van der Waals surface area contributed by atoms with Gasteiger partial charge in [-0.25, -0.2) is 0 Å². The Kier molecular flexibility index (Phi) is 5.06. The third kappa shape index (κ3) is 3.26. The summed E-state index contributed by atoms with van der Waals surface area (Å²) in [6, 6.07) is 0. The van der Waals surface area contributed by atoms with Gasteiger partial charge in [0.05, 0.1) is 18.3 Å². The molecule has 0 heterocycles. The maximum Gasteiger partial charge on any atom is 0.0583 e. The third-order valence-electron chi connectivity index (χ3n) is 6.77. The highest BCUT2D eigenvalue weighted by molar-refractivity contribution is 5.36. The van der Waals surface area contributed by atoms with Gasteiger partial charge < -0.3 is 15.3 Å². The number of allylic oxidation sites excluding steroid dienone is 3. The fourth-order valence-corrected chi connectivity index (χ4v) is 5.53. The van der Waals surface area contributed by atoms with Crippen LogP contribution in [0.5, 0.6) is 0 Å². The smallest absolute Gasteiger partial charge is 0.0583 e. The first-order chi connectivity index (χ1) is 11.3. The van der Waals surface area contributed by atoms with Crippen LogP contribution in [0.25, 0.3) is 0 Å². The Labute approximate surface area is 145 Å². The fraction of sp³-hybridized carbons (Fsp3) is 0.714. The average molecular weight is 332 g/mol. The van der Waals surface area contributed by atoms with Crippen molar-refractivity contribution in [2.75, 3.05) is 0 Å². The highest BCUT2D eigenvalue weighted by atomic mass is 16.3. The summed E-state index contributed by atoms with van der Waals surface area (Å²) >= 11 is 0. The molecule has 0 bridgehead atoms. The van der Waals surface area contributed by atoms with E-state index in [9.17, 15) is 15.3 Å². The van der Waals surface area contributed by atoms with E-state index in [-0.39, 0.29) is 29.6 Å². The lowest BCUT2D eigenvalue weighted by Crippen LogP contribution is -2.42. The number of fused-ring (bicyclic) bond motifs is 1. The Balaban J connectivity index is 1.86. The molecule has 0 saturated heterocycles. The van der Waals surface area contributed by atoms with E-state index in [4.69, 9.17) is 0 Å². The molecule has 0 aromatic heterocycles. The van der Waals surface area contributed by atoms with Crippen LogP contribution in [0, 0.1) is 17.3 Å². The minimum atomic E-state index is -0.324. The first-order valence-corrected chi connectivity index (χ1v) is 9.43. The van der Waals surface area contributed by atoms with E-state index in [2.05, 4.69) is 25.7 Å². The molecule has 3 aliphatic carbocycles. The summed E-state index contributed by atoms with van der Waals surface area (Å²) in [6.07, 6.45) is 9.39. The molecule has 134 valence electrons. The van der Waals surface area contributed by atoms with Crippen LogP contribution in [0.4, 0.5) is 0 Å². The minimum absolute atomic E-state index is 0.0146. The average Bonchev–Trinajstić information content (AvgIpc) is 2.84. The first kappa shape index (κ1) is 17.9. The van der Waals surface area contributed by atoms with Crippen molar-refractivity contribution < 1.29 is 15.3 Å². The van der Waals surface area contributed by atoms with Crippen molar-refractivity contribution in [3.63, 3.8) is 0 Å². The predicted octanol–water partition coefficient (Wildman–Crippen LogP) is 3.51. The molecule has 3 fully saturated rings. The van der Waals surface area contributed by atoms with Crippen molar-refractivity contribution in [1.82, 2.24) is 0 Å². The summed E-state index contributed by atoms with van der Waals surface area (Å²) < 4.78 is 0. The molecule has 0 aromatic rings. The van der Waals surface area contributed by atoms with E-state index in [1.165, 1.54) is 5.57 Å². The Hall–Kier alpha value is -0.900. The van der Waals surface area contributed by atoms with Crippen LogP contribution >= 0.6 is 0 Å². The molecule has 3 N–H and O–H groups in total. The second-order valence-corrected chi connectivity index (χ2v) is 8.48. The van der Waals surface area contributed by atoms with Crippen molar-refractivity contribution in [3.8, 4) is 0 Å². The van der Waals surface area contributed by atoms with E-state index in [0.717, 1.165) is 49.7 Å². The Morgan fingerprint density at radius 3 is 2.58 bits per heavy atom. The number of hydrogen-bond acceptors (Lipinski definition) is 3. The molecule has 0 unspecified atom stereocenters. The Morgan fingerprint density at radius 2 is 1.88 bits per heavy atom. The number of hydrogen-bond donors (Lipinski definition) is 3. The van der Waals surface area contributed by atoms with Gasteiger partial charge in [-0.05, 0) is 74.7 Å². The van der Waals surface area contributed by atoms with Gasteiger partial charge in [0.25, 0.3) is 0 Å². The van der Waals surface area contributed by atoms with Crippen molar-refractivity contribution in [1.29, 1.82) is 0 Å². The highest BCUT2D eigenvalue weighted by Gasteiger charge is 2.52. The molecule has 0 aromatic carbocycles. The summed E-state index contributed by atoms with van der Waals surface area (Å²) in [5, 5.41) is 30.5. The van der Waals surface area contributed by atoms with Crippen LogP contribution in [0.2, 0.25) is 0 Å². The van der Waals surface area contributed by atoms with Crippen molar-refractivity contribution in [2.45, 2.75) is 77.1 Å². The Bertz CT molecular complexity index is 559. The van der Waals surface area contributed by atoms with Crippen molar-refractivity contribution in [3.05, 3.63) is 35.5 Å². The fourth-order valence-electron chi connectivity index (χ4n) is 5.53. The second-order valence-electron chi connectivity index (χ2n) is 8.48. The van der Waals surface area contributed by atoms with Gasteiger partial charge in [0.15, 0.2) is 0 Å². The zero-order valence-electron chi connectivity index (χ0n) is 15.0. The SMILES string of the molecule is C=C1CC[C@@H](O)CC1=CC=C1C[C@H](O)C[C@]2(C)[C@@H]([C@@H](C)O)CC[C@@H]12. The van der Waals surface area contributed by atoms with E-state index < -0.39 is 0 Å². The molecule has 3 nitrogen and oxygen atoms in total. The van der Waals surface area contributed by atoms with Gasteiger partial charge in [-0.15, -0.1) is 0 Å². The lowest BCUT2D eigenvalue weighted by Gasteiger charge is -2.45. The standard InChI is InChI=1S/C21H32O3/c1-13-4-7-17(23)10-15(13)5-6-16-11-18(24)12-21(3)19(14(2)22)8-9-20(16)21/h5-6,14,17-20,22-24H,1,4,7-12H2,2-3H3/t14-,17-,18+,19-,20+,21-/m1/s1. The first-order valence-electron chi connectivity index (χ1n) is 9.43. The van der Waals surface area contributed by atoms with Gasteiger partial charge in [0, 0.05) is 0 Å². The molecule has 3 heteroatoms. The molecule has 24 heavy (non-hydrogen) atoms. The van der Waals surface area contributed by atoms with Crippen LogP contribution in [-0.4, -0.2) is 33.6 Å². The van der Waals surface area contributed by atoms with Crippen molar-refractivity contribution in [2.24, 2.45) is 17.3 Å². The molecular weight excluding hydrogens is 300 g/mol. The molecule has 0 aliphatic heterocycles. The van der Waals surface area contributed by atoms with Gasteiger partial charge in [-0.2, -0.15) is 0 Å². The normalized spacial score (nSPS) is 44.8. The maximum absolute atomic E-state index is 10.4. The molecule has 3 rings (SSSR count). The van der Waals surface area contributed by atoms with Gasteiger partial charge in [-0.1, -0.05) is 36.8 Å². The minimum Gasteiger partial charge on any atom is -0.393 e. The molecule has 3 saturated carbocycles. The zero-order valence-corrected chi connectivity index (χ0v) is 15.0. The highest BCUT2D eigenvalue weighted by Crippen LogP contribution is 2.58. The van der Waals surface area contributed by atoms with E-state index in [0.29, 0.717) is 12.3 Å². The molecule has 6 atom stereocenters. The molecule has 3 aliphatic rings. The van der Waals surface area contributed by atoms with Crippen LogP contribution in [0.3, 0.4) is 0 Å². The van der Waals surface area contributed by atoms with Gasteiger partial charge >= 0.3 is 0 Å². The number of aliphatic hydroxyl groups is 3. The van der Waals surface area contributed by atoms with Gasteiger partial charge in [0.2, 0.25) is 0 Å². The van der Waals surface area contributed by atoms with Gasteiger partial charge in [0.1, 0.15) is 0 Å². The molecule has 0 radical (unpaired) electrons. The molecular formula is C21H32O3. The summed E-state index contributed by atoms with van der Waals surface area (Å²) in [5.41, 5.74) is 3.57. The zero-order chi connectivity index (χ0) is 17.5. The maximum atomic E-state index is 10.4. The van der Waals surface area contributed by atoms with Crippen LogP contribution in [-0.2, 0) is 0 Å². The quantitative estimate of drug-likeness (QED) is 0.725. The van der Waals surface area contributed by atoms with Crippen LogP contribution in [0.15, 0.2) is 35.5 Å². The topological polar surface area (TPSA) is 60.7 Å². The largest absolute Gasteiger partial charge is 0.393 e. The van der Waals surface area contributed by atoms with Crippen molar-refractivity contribution >= 4 is 0 Å². The summed E-state index contributed by atoms with van der Waals surface area (Å²) in [4.78, 5) is 0. The van der Waals surface area contributed by atoms with E-state index >= 15 is 0 Å². The number of rotatable bonds is 2. The summed E-state index contributed by atoms with van der Waals surface area (Å²) in [5.74, 6) is 0.708. The monoisotopic (exact) mass is 332 g/mol. The van der Waals surface area contributed by atoms with E-state index in [1.54, 1.807) is 0 Å².